The van der Waals surface area contributed by atoms with Crippen LogP contribution in [0.15, 0.2) is 24.3 Å². The minimum atomic E-state index is -0.175. The van der Waals surface area contributed by atoms with Crippen molar-refractivity contribution in [2.75, 3.05) is 11.9 Å². The number of carbonyl (C=O) groups is 1. The molecule has 0 atom stereocenters. The third kappa shape index (κ3) is 4.09. The highest BCUT2D eigenvalue weighted by molar-refractivity contribution is 7.15. The van der Waals surface area contributed by atoms with Crippen LogP contribution in [0.25, 0.3) is 0 Å². The fourth-order valence-electron chi connectivity index (χ4n) is 1.82. The first-order valence-electron chi connectivity index (χ1n) is 6.84. The van der Waals surface area contributed by atoms with Crippen molar-refractivity contribution in [3.63, 3.8) is 0 Å². The summed E-state index contributed by atoms with van der Waals surface area (Å²) >= 11 is 1.35. The smallest absolute Gasteiger partial charge is 0.257 e. The molecule has 0 saturated carbocycles. The van der Waals surface area contributed by atoms with Gasteiger partial charge in [-0.3, -0.25) is 10.1 Å². The van der Waals surface area contributed by atoms with E-state index in [1.807, 2.05) is 24.3 Å². The van der Waals surface area contributed by atoms with E-state index < -0.39 is 0 Å². The molecule has 0 unspecified atom stereocenters. The molecule has 0 spiro atoms. The van der Waals surface area contributed by atoms with Gasteiger partial charge in [-0.2, -0.15) is 0 Å². The van der Waals surface area contributed by atoms with Crippen LogP contribution in [0.1, 0.15) is 41.7 Å². The number of carbonyl (C=O) groups excluding carboxylic acids is 1. The Balaban J connectivity index is 2.06. The molecule has 112 valence electrons. The van der Waals surface area contributed by atoms with Gasteiger partial charge in [-0.15, -0.1) is 10.2 Å². The molecular weight excluding hydrogens is 284 g/mol. The van der Waals surface area contributed by atoms with Gasteiger partial charge in [0.15, 0.2) is 0 Å². The number of nitrogens with two attached hydrogens (primary N) is 1. The minimum absolute atomic E-state index is 0.0748. The number of nitrogens with zero attached hydrogens (tertiary/aromatic N) is 2. The first-order chi connectivity index (χ1) is 9.90. The monoisotopic (exact) mass is 304 g/mol. The molecule has 0 bridgehead atoms. The van der Waals surface area contributed by atoms with Gasteiger partial charge in [0.2, 0.25) is 5.13 Å². The van der Waals surface area contributed by atoms with Gasteiger partial charge in [0.25, 0.3) is 5.91 Å². The van der Waals surface area contributed by atoms with E-state index in [0.29, 0.717) is 23.7 Å². The van der Waals surface area contributed by atoms with E-state index >= 15 is 0 Å². The SMILES string of the molecule is CC(C)(C)c1ccc(C(=O)Nc2nnc(CCN)s2)cc1. The average Bonchev–Trinajstić information content (AvgIpc) is 2.86. The van der Waals surface area contributed by atoms with Crippen LogP contribution in [0.5, 0.6) is 0 Å². The molecule has 1 amide bonds. The second-order valence-electron chi connectivity index (χ2n) is 5.82. The van der Waals surface area contributed by atoms with Gasteiger partial charge in [0.05, 0.1) is 0 Å². The van der Waals surface area contributed by atoms with Gasteiger partial charge in [-0.1, -0.05) is 44.2 Å². The number of amides is 1. The number of aromatic nitrogens is 2. The fraction of sp³-hybridized carbons (Fsp3) is 0.400. The molecule has 6 heteroatoms. The highest BCUT2D eigenvalue weighted by Crippen LogP contribution is 2.22. The summed E-state index contributed by atoms with van der Waals surface area (Å²) < 4.78 is 0. The number of anilines is 1. The molecule has 1 aromatic carbocycles. The molecule has 0 fully saturated rings. The summed E-state index contributed by atoms with van der Waals surface area (Å²) in [6.07, 6.45) is 0.674. The Morgan fingerprint density at radius 2 is 1.90 bits per heavy atom. The molecule has 21 heavy (non-hydrogen) atoms. The van der Waals surface area contributed by atoms with E-state index in [2.05, 4.69) is 36.3 Å². The Bertz CT molecular complexity index is 613. The predicted octanol–water partition coefficient (Wildman–Crippen LogP) is 2.59. The summed E-state index contributed by atoms with van der Waals surface area (Å²) in [6, 6.07) is 7.62. The van der Waals surface area contributed by atoms with Gasteiger partial charge in [0, 0.05) is 12.0 Å². The van der Waals surface area contributed by atoms with E-state index in [1.165, 1.54) is 16.9 Å². The zero-order valence-electron chi connectivity index (χ0n) is 12.5. The van der Waals surface area contributed by atoms with Crippen LogP contribution in [-0.4, -0.2) is 22.6 Å². The van der Waals surface area contributed by atoms with Crippen LogP contribution in [-0.2, 0) is 11.8 Å². The maximum absolute atomic E-state index is 12.1. The molecule has 0 aliphatic carbocycles. The maximum Gasteiger partial charge on any atom is 0.257 e. The molecule has 1 heterocycles. The van der Waals surface area contributed by atoms with Crippen molar-refractivity contribution in [3.05, 3.63) is 40.4 Å². The van der Waals surface area contributed by atoms with E-state index in [4.69, 9.17) is 5.73 Å². The molecule has 0 aliphatic heterocycles. The highest BCUT2D eigenvalue weighted by atomic mass is 32.1. The zero-order valence-corrected chi connectivity index (χ0v) is 13.3. The van der Waals surface area contributed by atoms with Crippen molar-refractivity contribution in [1.29, 1.82) is 0 Å². The Morgan fingerprint density at radius 3 is 2.48 bits per heavy atom. The lowest BCUT2D eigenvalue weighted by Gasteiger charge is -2.18. The van der Waals surface area contributed by atoms with Gasteiger partial charge in [-0.25, -0.2) is 0 Å². The van der Waals surface area contributed by atoms with Crippen molar-refractivity contribution in [2.24, 2.45) is 5.73 Å². The summed E-state index contributed by atoms with van der Waals surface area (Å²) in [5, 5.41) is 12.0. The number of rotatable bonds is 4. The molecule has 0 radical (unpaired) electrons. The van der Waals surface area contributed by atoms with E-state index in [-0.39, 0.29) is 11.3 Å². The minimum Gasteiger partial charge on any atom is -0.330 e. The van der Waals surface area contributed by atoms with Crippen molar-refractivity contribution in [1.82, 2.24) is 10.2 Å². The van der Waals surface area contributed by atoms with Crippen LogP contribution in [0.2, 0.25) is 0 Å². The summed E-state index contributed by atoms with van der Waals surface area (Å²) in [7, 11) is 0. The molecule has 2 rings (SSSR count). The predicted molar refractivity (Wildman–Crippen MR) is 85.8 cm³/mol. The van der Waals surface area contributed by atoms with Crippen LogP contribution in [0.4, 0.5) is 5.13 Å². The Kier molecular flexibility index (Phi) is 4.69. The van der Waals surface area contributed by atoms with E-state index in [0.717, 1.165) is 5.01 Å². The molecule has 0 aliphatic rings. The molecule has 1 aromatic heterocycles. The molecule has 5 nitrogen and oxygen atoms in total. The standard InChI is InChI=1S/C15H20N4OS/c1-15(2,3)11-6-4-10(5-7-11)13(20)17-14-19-18-12(21-14)8-9-16/h4-7H,8-9,16H2,1-3H3,(H,17,19,20). The zero-order chi connectivity index (χ0) is 15.5. The first kappa shape index (κ1) is 15.6. The van der Waals surface area contributed by atoms with Gasteiger partial charge >= 0.3 is 0 Å². The molecule has 2 aromatic rings. The second kappa shape index (κ2) is 6.32. The summed E-state index contributed by atoms with van der Waals surface area (Å²) in [5.74, 6) is -0.175. The lowest BCUT2D eigenvalue weighted by atomic mass is 9.87. The third-order valence-electron chi connectivity index (χ3n) is 3.06. The summed E-state index contributed by atoms with van der Waals surface area (Å²) in [6.45, 7) is 6.95. The van der Waals surface area contributed by atoms with E-state index in [9.17, 15) is 4.79 Å². The maximum atomic E-state index is 12.1. The van der Waals surface area contributed by atoms with Crippen LogP contribution in [0.3, 0.4) is 0 Å². The number of hydrogen-bond acceptors (Lipinski definition) is 5. The van der Waals surface area contributed by atoms with E-state index in [1.54, 1.807) is 0 Å². The van der Waals surface area contributed by atoms with Crippen LogP contribution < -0.4 is 11.1 Å². The first-order valence-corrected chi connectivity index (χ1v) is 7.66. The van der Waals surface area contributed by atoms with Gasteiger partial charge < -0.3 is 5.73 Å². The van der Waals surface area contributed by atoms with Crippen LogP contribution >= 0.6 is 11.3 Å². The quantitative estimate of drug-likeness (QED) is 0.909. The number of nitrogens with one attached hydrogen (secondary N) is 1. The van der Waals surface area contributed by atoms with Crippen LogP contribution in [0, 0.1) is 0 Å². The molecule has 0 saturated heterocycles. The van der Waals surface area contributed by atoms with Gasteiger partial charge in [0.1, 0.15) is 5.01 Å². The number of hydrogen-bond donors (Lipinski definition) is 2. The second-order valence-corrected chi connectivity index (χ2v) is 6.88. The molecule has 3 N–H and O–H groups in total. The van der Waals surface area contributed by atoms with Crippen molar-refractivity contribution in [2.45, 2.75) is 32.6 Å². The Morgan fingerprint density at radius 1 is 1.24 bits per heavy atom. The average molecular weight is 304 g/mol. The largest absolute Gasteiger partial charge is 0.330 e. The summed E-state index contributed by atoms with van der Waals surface area (Å²) in [5.41, 5.74) is 7.34. The molecular formula is C15H20N4OS. The van der Waals surface area contributed by atoms with Gasteiger partial charge in [-0.05, 0) is 29.7 Å². The Labute approximate surface area is 128 Å². The summed E-state index contributed by atoms with van der Waals surface area (Å²) in [4.78, 5) is 12.1. The van der Waals surface area contributed by atoms with Crippen molar-refractivity contribution < 1.29 is 4.79 Å². The number of benzene rings is 1. The highest BCUT2D eigenvalue weighted by Gasteiger charge is 2.15. The Hall–Kier alpha value is -1.79. The van der Waals surface area contributed by atoms with Crippen molar-refractivity contribution >= 4 is 22.4 Å². The fourth-order valence-corrected chi connectivity index (χ4v) is 2.57. The normalized spacial score (nSPS) is 11.4. The third-order valence-corrected chi connectivity index (χ3v) is 3.96. The van der Waals surface area contributed by atoms with Crippen molar-refractivity contribution in [3.8, 4) is 0 Å². The topological polar surface area (TPSA) is 80.9 Å². The lowest BCUT2D eigenvalue weighted by Crippen LogP contribution is -2.14. The lowest BCUT2D eigenvalue weighted by molar-refractivity contribution is 0.102.